The third-order valence-corrected chi connectivity index (χ3v) is 4.08. The van der Waals surface area contributed by atoms with Crippen LogP contribution in [0.4, 0.5) is 0 Å². The van der Waals surface area contributed by atoms with E-state index in [0.717, 1.165) is 58.1 Å². The van der Waals surface area contributed by atoms with Gasteiger partial charge in [-0.3, -0.25) is 4.99 Å². The van der Waals surface area contributed by atoms with Crippen LogP contribution < -0.4 is 5.32 Å². The van der Waals surface area contributed by atoms with Crippen LogP contribution in [0.25, 0.3) is 0 Å². The number of likely N-dealkylation sites (tertiary alicyclic amines) is 1. The van der Waals surface area contributed by atoms with E-state index in [4.69, 9.17) is 19.2 Å². The lowest BCUT2D eigenvalue weighted by Crippen LogP contribution is -2.47. The van der Waals surface area contributed by atoms with Crippen LogP contribution in [0.2, 0.25) is 0 Å². The normalized spacial score (nSPS) is 17.6. The molecule has 1 N–H and O–H groups in total. The highest BCUT2D eigenvalue weighted by Gasteiger charge is 2.23. The highest BCUT2D eigenvalue weighted by atomic mass is 16.5. The first kappa shape index (κ1) is 20.2. The van der Waals surface area contributed by atoms with Gasteiger partial charge in [-0.25, -0.2) is 0 Å². The number of methoxy groups -OCH3 is 2. The predicted octanol–water partition coefficient (Wildman–Crippen LogP) is 1.89. The summed E-state index contributed by atoms with van der Waals surface area (Å²) >= 11 is 0. The van der Waals surface area contributed by atoms with E-state index in [2.05, 4.69) is 31.0 Å². The molecule has 1 fully saturated rings. The maximum atomic E-state index is 5.92. The molecule has 0 radical (unpaired) electrons. The lowest BCUT2D eigenvalue weighted by molar-refractivity contribution is 0.00947. The van der Waals surface area contributed by atoms with Crippen molar-refractivity contribution in [3.05, 3.63) is 0 Å². The Balaban J connectivity index is 2.42. The summed E-state index contributed by atoms with van der Waals surface area (Å²) < 4.78 is 16.4. The van der Waals surface area contributed by atoms with Crippen molar-refractivity contribution in [1.29, 1.82) is 0 Å². The van der Waals surface area contributed by atoms with Crippen molar-refractivity contribution in [3.8, 4) is 0 Å². The summed E-state index contributed by atoms with van der Waals surface area (Å²) in [6.45, 7) is 11.3. The monoisotopic (exact) mass is 329 g/mol. The molecular weight excluding hydrogens is 294 g/mol. The van der Waals surface area contributed by atoms with Gasteiger partial charge < -0.3 is 24.4 Å². The Morgan fingerprint density at radius 3 is 2.48 bits per heavy atom. The maximum absolute atomic E-state index is 5.92. The average Bonchev–Trinajstić information content (AvgIpc) is 2.56. The first-order valence-electron chi connectivity index (χ1n) is 8.71. The molecule has 0 aliphatic carbocycles. The number of aliphatic imine (C=N–C) groups is 1. The fraction of sp³-hybridized carbons (Fsp3) is 0.941. The van der Waals surface area contributed by atoms with Crippen LogP contribution in [0.1, 0.15) is 40.0 Å². The van der Waals surface area contributed by atoms with Crippen molar-refractivity contribution in [1.82, 2.24) is 10.2 Å². The molecule has 6 nitrogen and oxygen atoms in total. The molecule has 0 spiro atoms. The number of rotatable bonds is 9. The topological polar surface area (TPSA) is 55.3 Å². The molecule has 1 saturated heterocycles. The van der Waals surface area contributed by atoms with Crippen LogP contribution in [-0.4, -0.2) is 76.2 Å². The Morgan fingerprint density at radius 1 is 1.22 bits per heavy atom. The Hall–Kier alpha value is -0.850. The molecule has 0 atom stereocenters. The highest BCUT2D eigenvalue weighted by molar-refractivity contribution is 5.80. The van der Waals surface area contributed by atoms with Gasteiger partial charge in [-0.1, -0.05) is 0 Å². The molecule has 23 heavy (non-hydrogen) atoms. The highest BCUT2D eigenvalue weighted by Crippen LogP contribution is 2.15. The standard InChI is InChI=1S/C17H35N3O3/c1-6-18-16(19-14-17(2,3)22-5)20-10-8-15(9-11-20)23-13-7-12-21-4/h15H,6-14H2,1-5H3,(H,18,19). The lowest BCUT2D eigenvalue weighted by Gasteiger charge is -2.34. The fourth-order valence-corrected chi connectivity index (χ4v) is 2.44. The molecule has 0 aromatic rings. The van der Waals surface area contributed by atoms with Gasteiger partial charge >= 0.3 is 0 Å². The Morgan fingerprint density at radius 2 is 1.91 bits per heavy atom. The van der Waals surface area contributed by atoms with Gasteiger partial charge in [0.05, 0.1) is 18.2 Å². The third-order valence-electron chi connectivity index (χ3n) is 4.08. The summed E-state index contributed by atoms with van der Waals surface area (Å²) in [6, 6.07) is 0. The molecule has 1 rings (SSSR count). The number of nitrogens with zero attached hydrogens (tertiary/aromatic N) is 2. The zero-order valence-corrected chi connectivity index (χ0v) is 15.6. The maximum Gasteiger partial charge on any atom is 0.194 e. The number of guanidine groups is 1. The Bertz CT molecular complexity index is 340. The van der Waals surface area contributed by atoms with E-state index < -0.39 is 0 Å². The van der Waals surface area contributed by atoms with E-state index in [9.17, 15) is 0 Å². The summed E-state index contributed by atoms with van der Waals surface area (Å²) in [4.78, 5) is 7.06. The second-order valence-electron chi connectivity index (χ2n) is 6.54. The first-order valence-corrected chi connectivity index (χ1v) is 8.71. The summed E-state index contributed by atoms with van der Waals surface area (Å²) in [5.74, 6) is 0.982. The van der Waals surface area contributed by atoms with Crippen LogP contribution in [0, 0.1) is 0 Å². The van der Waals surface area contributed by atoms with Crippen molar-refractivity contribution in [3.63, 3.8) is 0 Å². The van der Waals surface area contributed by atoms with E-state index in [0.29, 0.717) is 12.6 Å². The molecule has 1 aliphatic rings. The van der Waals surface area contributed by atoms with Crippen LogP contribution in [-0.2, 0) is 14.2 Å². The quantitative estimate of drug-likeness (QED) is 0.398. The van der Waals surface area contributed by atoms with E-state index >= 15 is 0 Å². The van der Waals surface area contributed by atoms with E-state index in [1.807, 2.05) is 0 Å². The minimum atomic E-state index is -0.233. The third kappa shape index (κ3) is 7.99. The van der Waals surface area contributed by atoms with Crippen molar-refractivity contribution < 1.29 is 14.2 Å². The van der Waals surface area contributed by atoms with Gasteiger partial charge in [0.25, 0.3) is 0 Å². The van der Waals surface area contributed by atoms with Crippen LogP contribution >= 0.6 is 0 Å². The van der Waals surface area contributed by atoms with Gasteiger partial charge in [-0.2, -0.15) is 0 Å². The van der Waals surface area contributed by atoms with Crippen LogP contribution in [0.5, 0.6) is 0 Å². The second kappa shape index (κ2) is 10.8. The number of hydrogen-bond acceptors (Lipinski definition) is 4. The van der Waals surface area contributed by atoms with Crippen molar-refractivity contribution in [2.24, 2.45) is 4.99 Å². The lowest BCUT2D eigenvalue weighted by atomic mass is 10.1. The summed E-state index contributed by atoms with van der Waals surface area (Å²) in [5.41, 5.74) is -0.233. The zero-order chi connectivity index (χ0) is 17.1. The summed E-state index contributed by atoms with van der Waals surface area (Å²) in [5, 5.41) is 3.39. The van der Waals surface area contributed by atoms with Gasteiger partial charge in [0.1, 0.15) is 0 Å². The predicted molar refractivity (Wildman–Crippen MR) is 94.1 cm³/mol. The number of piperidine rings is 1. The molecule has 0 unspecified atom stereocenters. The van der Waals surface area contributed by atoms with Crippen LogP contribution in [0.3, 0.4) is 0 Å². The molecule has 1 aliphatic heterocycles. The average molecular weight is 329 g/mol. The van der Waals surface area contributed by atoms with E-state index in [1.165, 1.54) is 0 Å². The van der Waals surface area contributed by atoms with Gasteiger partial charge in [-0.05, 0) is 40.0 Å². The molecule has 136 valence electrons. The van der Waals surface area contributed by atoms with Gasteiger partial charge in [0.15, 0.2) is 5.96 Å². The number of nitrogens with one attached hydrogen (secondary N) is 1. The molecule has 1 heterocycles. The molecule has 0 bridgehead atoms. The SMILES string of the molecule is CCNC(=NCC(C)(C)OC)N1CCC(OCCCOC)CC1. The molecule has 0 saturated carbocycles. The molecule has 0 amide bonds. The first-order chi connectivity index (χ1) is 11.0. The smallest absolute Gasteiger partial charge is 0.194 e. The fourth-order valence-electron chi connectivity index (χ4n) is 2.44. The minimum Gasteiger partial charge on any atom is -0.385 e. The Kier molecular flexibility index (Phi) is 9.52. The van der Waals surface area contributed by atoms with E-state index in [-0.39, 0.29) is 5.60 Å². The summed E-state index contributed by atoms with van der Waals surface area (Å²) in [6.07, 6.45) is 3.42. The van der Waals surface area contributed by atoms with Crippen LogP contribution in [0.15, 0.2) is 4.99 Å². The molecule has 0 aromatic heterocycles. The van der Waals surface area contributed by atoms with Crippen molar-refractivity contribution >= 4 is 5.96 Å². The summed E-state index contributed by atoms with van der Waals surface area (Å²) in [7, 11) is 3.46. The largest absolute Gasteiger partial charge is 0.385 e. The zero-order valence-electron chi connectivity index (χ0n) is 15.6. The van der Waals surface area contributed by atoms with Crippen molar-refractivity contribution in [2.75, 3.05) is 53.6 Å². The Labute approximate surface area is 141 Å². The minimum absolute atomic E-state index is 0.233. The van der Waals surface area contributed by atoms with Gasteiger partial charge in [0, 0.05) is 47.1 Å². The second-order valence-corrected chi connectivity index (χ2v) is 6.54. The van der Waals surface area contributed by atoms with Gasteiger partial charge in [0.2, 0.25) is 0 Å². The number of hydrogen-bond donors (Lipinski definition) is 1. The molecule has 0 aromatic carbocycles. The van der Waals surface area contributed by atoms with Crippen molar-refractivity contribution in [2.45, 2.75) is 51.7 Å². The van der Waals surface area contributed by atoms with Gasteiger partial charge in [-0.15, -0.1) is 0 Å². The molecular formula is C17H35N3O3. The van der Waals surface area contributed by atoms with E-state index in [1.54, 1.807) is 14.2 Å². The number of ether oxygens (including phenoxy) is 3. The molecule has 6 heteroatoms.